The van der Waals surface area contributed by atoms with Crippen LogP contribution >= 0.6 is 0 Å². The molecule has 0 aromatic carbocycles. The van der Waals surface area contributed by atoms with Gasteiger partial charge in [0.2, 0.25) is 0 Å². The van der Waals surface area contributed by atoms with Crippen molar-refractivity contribution in [1.29, 1.82) is 0 Å². The summed E-state index contributed by atoms with van der Waals surface area (Å²) in [6, 6.07) is 0. The molecule has 0 amide bonds. The molecule has 0 spiro atoms. The third-order valence-corrected chi connectivity index (χ3v) is 3.84. The minimum atomic E-state index is -7.87. The van der Waals surface area contributed by atoms with Gasteiger partial charge in [-0.25, -0.2) is 0 Å². The first-order valence-corrected chi connectivity index (χ1v) is 8.30. The second kappa shape index (κ2) is 6.20. The molecular formula is C8H4F13OSn. The van der Waals surface area contributed by atoms with Gasteiger partial charge in [-0.2, -0.15) is 0 Å². The Hall–Kier alpha value is -0.311. The molecule has 0 heterocycles. The maximum atomic E-state index is 13.0. The molecule has 15 heteroatoms. The predicted octanol–water partition coefficient (Wildman–Crippen LogP) is 4.58. The zero-order chi connectivity index (χ0) is 19.1. The van der Waals surface area contributed by atoms with Crippen LogP contribution in [0.25, 0.3) is 0 Å². The van der Waals surface area contributed by atoms with Crippen LogP contribution < -0.4 is 0 Å². The first-order chi connectivity index (χ1) is 9.81. The average Bonchev–Trinajstić information content (AvgIpc) is 2.34. The zero-order valence-corrected chi connectivity index (χ0v) is 13.1. The zero-order valence-electron chi connectivity index (χ0n) is 10.2. The summed E-state index contributed by atoms with van der Waals surface area (Å²) in [4.78, 5) is 0. The van der Waals surface area contributed by atoms with Gasteiger partial charge < -0.3 is 0 Å². The van der Waals surface area contributed by atoms with E-state index in [9.17, 15) is 60.2 Å². The molecule has 0 N–H and O–H groups in total. The summed E-state index contributed by atoms with van der Waals surface area (Å²) >= 11 is -2.93. The van der Waals surface area contributed by atoms with Crippen LogP contribution in [-0.2, 0) is 3.08 Å². The fourth-order valence-corrected chi connectivity index (χ4v) is 2.35. The van der Waals surface area contributed by atoms with Crippen molar-refractivity contribution in [1.82, 2.24) is 0 Å². The SMILES string of the molecule is [O]=[Sn][CH2]CC(F)(F)C(F)(F)C(F)(F)C(F)(F)C(F)(F)C(F)(F)F. The molecule has 0 aliphatic heterocycles. The molecule has 23 heavy (non-hydrogen) atoms. The van der Waals surface area contributed by atoms with Crippen LogP contribution in [0.1, 0.15) is 6.42 Å². The van der Waals surface area contributed by atoms with Crippen LogP contribution in [0.5, 0.6) is 0 Å². The Balaban J connectivity index is 6.08. The molecule has 0 aromatic heterocycles. The number of hydrogen-bond acceptors (Lipinski definition) is 1. The second-order valence-electron chi connectivity index (χ2n) is 4.14. The van der Waals surface area contributed by atoms with E-state index in [0.717, 1.165) is 0 Å². The number of rotatable bonds is 7. The van der Waals surface area contributed by atoms with E-state index in [-0.39, 0.29) is 0 Å². The Morgan fingerprint density at radius 1 is 0.565 bits per heavy atom. The molecule has 0 atom stereocenters. The van der Waals surface area contributed by atoms with Crippen LogP contribution in [0.15, 0.2) is 0 Å². The van der Waals surface area contributed by atoms with Gasteiger partial charge in [-0.3, -0.25) is 0 Å². The Morgan fingerprint density at radius 2 is 0.913 bits per heavy atom. The van der Waals surface area contributed by atoms with Gasteiger partial charge in [-0.1, -0.05) is 0 Å². The normalized spacial score (nSPS) is 15.7. The summed E-state index contributed by atoms with van der Waals surface area (Å²) in [6.45, 7) is 0. The quantitative estimate of drug-likeness (QED) is 0.384. The van der Waals surface area contributed by atoms with Gasteiger partial charge in [-0.05, 0) is 0 Å². The molecular weight excluding hydrogens is 478 g/mol. The monoisotopic (exact) mass is 483 g/mol. The molecule has 137 valence electrons. The third kappa shape index (κ3) is 3.41. The first kappa shape index (κ1) is 22.7. The standard InChI is InChI=1S/C8H4F13.O.Sn/c1-2-3(9,10)4(11,12)5(13,14)6(15,16)7(17,18)8(19,20)21;;/h1-2H2;;. The van der Waals surface area contributed by atoms with Crippen molar-refractivity contribution in [3.8, 4) is 0 Å². The molecule has 0 saturated carbocycles. The van der Waals surface area contributed by atoms with Crippen molar-refractivity contribution in [3.05, 3.63) is 0 Å². The van der Waals surface area contributed by atoms with Gasteiger partial charge in [0, 0.05) is 0 Å². The van der Waals surface area contributed by atoms with Crippen molar-refractivity contribution < 1.29 is 60.2 Å². The van der Waals surface area contributed by atoms with Crippen molar-refractivity contribution >= 4 is 21.1 Å². The Labute approximate surface area is 128 Å². The fraction of sp³-hybridized carbons (Fsp3) is 1.00. The number of halogens is 13. The molecule has 1 radical (unpaired) electrons. The van der Waals surface area contributed by atoms with E-state index in [0.29, 0.717) is 0 Å². The van der Waals surface area contributed by atoms with Gasteiger partial charge in [-0.15, -0.1) is 0 Å². The third-order valence-electron chi connectivity index (χ3n) is 2.54. The van der Waals surface area contributed by atoms with Gasteiger partial charge in [0.05, 0.1) is 0 Å². The van der Waals surface area contributed by atoms with Gasteiger partial charge in [0.1, 0.15) is 0 Å². The van der Waals surface area contributed by atoms with E-state index in [1.807, 2.05) is 0 Å². The molecule has 0 bridgehead atoms. The molecule has 0 unspecified atom stereocenters. The topological polar surface area (TPSA) is 17.1 Å². The van der Waals surface area contributed by atoms with Crippen molar-refractivity contribution in [3.63, 3.8) is 0 Å². The van der Waals surface area contributed by atoms with E-state index in [1.54, 1.807) is 0 Å². The molecule has 0 rings (SSSR count). The predicted molar refractivity (Wildman–Crippen MR) is 46.7 cm³/mol. The summed E-state index contributed by atoms with van der Waals surface area (Å²) in [5.74, 6) is -36.7. The van der Waals surface area contributed by atoms with Gasteiger partial charge in [0.15, 0.2) is 0 Å². The summed E-state index contributed by atoms with van der Waals surface area (Å²) < 4.78 is 172. The van der Waals surface area contributed by atoms with Crippen molar-refractivity contribution in [2.45, 2.75) is 46.6 Å². The summed E-state index contributed by atoms with van der Waals surface area (Å²) in [7, 11) is 0. The summed E-state index contributed by atoms with van der Waals surface area (Å²) in [5.41, 5.74) is 0. The fourth-order valence-electron chi connectivity index (χ4n) is 1.17. The minimum absolute atomic E-state index is 1.27. The second-order valence-corrected chi connectivity index (χ2v) is 6.40. The molecule has 1 nitrogen and oxygen atoms in total. The van der Waals surface area contributed by atoms with Crippen LogP contribution in [0.4, 0.5) is 57.1 Å². The van der Waals surface area contributed by atoms with E-state index < -0.39 is 67.8 Å². The molecule has 0 aliphatic rings. The molecule has 0 aliphatic carbocycles. The van der Waals surface area contributed by atoms with Crippen molar-refractivity contribution in [2.75, 3.05) is 0 Å². The average molecular weight is 482 g/mol. The molecule has 0 aromatic rings. The van der Waals surface area contributed by atoms with Crippen LogP contribution in [-0.4, -0.2) is 56.9 Å². The van der Waals surface area contributed by atoms with Crippen LogP contribution in [0, 0.1) is 0 Å². The van der Waals surface area contributed by atoms with E-state index in [1.165, 1.54) is 0 Å². The first-order valence-electron chi connectivity index (χ1n) is 5.12. The van der Waals surface area contributed by atoms with E-state index >= 15 is 0 Å². The molecule has 0 fully saturated rings. The Bertz CT molecular complexity index is 440. The summed E-state index contributed by atoms with van der Waals surface area (Å²) in [5, 5.41) is 0. The Morgan fingerprint density at radius 3 is 1.22 bits per heavy atom. The number of alkyl halides is 13. The van der Waals surface area contributed by atoms with E-state index in [2.05, 4.69) is 0 Å². The maximum absolute atomic E-state index is 13.0. The Kier molecular flexibility index (Phi) is 6.12. The van der Waals surface area contributed by atoms with Crippen LogP contribution in [0.2, 0.25) is 4.44 Å². The number of hydrogen-bond donors (Lipinski definition) is 0. The van der Waals surface area contributed by atoms with Gasteiger partial charge >= 0.3 is 128 Å². The summed E-state index contributed by atoms with van der Waals surface area (Å²) in [6.07, 6.45) is -9.76. The van der Waals surface area contributed by atoms with Gasteiger partial charge in [0.25, 0.3) is 0 Å². The van der Waals surface area contributed by atoms with Crippen molar-refractivity contribution in [2.24, 2.45) is 0 Å². The molecule has 0 saturated heterocycles. The van der Waals surface area contributed by atoms with E-state index in [4.69, 9.17) is 0 Å². The van der Waals surface area contributed by atoms with Crippen LogP contribution in [0.3, 0.4) is 0 Å².